The highest BCUT2D eigenvalue weighted by molar-refractivity contribution is 5.95. The molecule has 5 rings (SSSR count). The number of piperazine rings is 1. The molecular weight excluding hydrogens is 402 g/mol. The largest absolute Gasteiger partial charge is 0.469 e. The zero-order valence-electron chi connectivity index (χ0n) is 19.2. The third kappa shape index (κ3) is 3.75. The first-order valence-corrected chi connectivity index (χ1v) is 11.9. The van der Waals surface area contributed by atoms with Gasteiger partial charge in [0.05, 0.1) is 11.8 Å². The van der Waals surface area contributed by atoms with Crippen LogP contribution in [-0.2, 0) is 10.2 Å². The van der Waals surface area contributed by atoms with Crippen LogP contribution in [0.2, 0.25) is 0 Å². The lowest BCUT2D eigenvalue weighted by Gasteiger charge is -2.40. The summed E-state index contributed by atoms with van der Waals surface area (Å²) in [6.07, 6.45) is 5.10. The normalized spacial score (nSPS) is 22.9. The molecule has 0 radical (unpaired) electrons. The van der Waals surface area contributed by atoms with Gasteiger partial charge in [-0.05, 0) is 61.8 Å². The fourth-order valence-corrected chi connectivity index (χ4v) is 5.99. The number of aryl methyl sites for hydroxylation is 1. The quantitative estimate of drug-likeness (QED) is 0.741. The molecule has 2 fully saturated rings. The van der Waals surface area contributed by atoms with Crippen molar-refractivity contribution in [2.45, 2.75) is 43.9 Å². The molecule has 1 spiro atoms. The van der Waals surface area contributed by atoms with Gasteiger partial charge in [0.15, 0.2) is 0 Å². The first-order valence-electron chi connectivity index (χ1n) is 11.9. The van der Waals surface area contributed by atoms with Crippen LogP contribution in [0.25, 0.3) is 0 Å². The van der Waals surface area contributed by atoms with Crippen molar-refractivity contribution in [3.05, 3.63) is 59.0 Å². The topological polar surface area (TPSA) is 57.0 Å². The van der Waals surface area contributed by atoms with Crippen LogP contribution >= 0.6 is 0 Å². The van der Waals surface area contributed by atoms with Crippen LogP contribution < -0.4 is 0 Å². The van der Waals surface area contributed by atoms with Gasteiger partial charge < -0.3 is 19.1 Å². The summed E-state index contributed by atoms with van der Waals surface area (Å²) in [6.45, 7) is 6.91. The Labute approximate surface area is 190 Å². The van der Waals surface area contributed by atoms with Gasteiger partial charge >= 0.3 is 0 Å². The Kier molecular flexibility index (Phi) is 5.58. The van der Waals surface area contributed by atoms with E-state index < -0.39 is 0 Å². The van der Waals surface area contributed by atoms with Gasteiger partial charge in [0.25, 0.3) is 5.91 Å². The summed E-state index contributed by atoms with van der Waals surface area (Å²) in [7, 11) is 2.11. The molecule has 6 nitrogen and oxygen atoms in total. The van der Waals surface area contributed by atoms with Crippen molar-refractivity contribution in [1.29, 1.82) is 0 Å². The van der Waals surface area contributed by atoms with E-state index in [1.807, 2.05) is 16.7 Å². The van der Waals surface area contributed by atoms with Crippen LogP contribution in [0.1, 0.15) is 58.8 Å². The first kappa shape index (κ1) is 21.3. The highest BCUT2D eigenvalue weighted by Gasteiger charge is 2.46. The number of furan rings is 1. The van der Waals surface area contributed by atoms with Crippen molar-refractivity contribution in [1.82, 2.24) is 14.7 Å². The summed E-state index contributed by atoms with van der Waals surface area (Å²) >= 11 is 0. The molecule has 2 aliphatic heterocycles. The molecule has 1 aromatic carbocycles. The van der Waals surface area contributed by atoms with E-state index in [4.69, 9.17) is 4.42 Å². The van der Waals surface area contributed by atoms with Gasteiger partial charge in [-0.2, -0.15) is 0 Å². The maximum Gasteiger partial charge on any atom is 0.257 e. The van der Waals surface area contributed by atoms with Gasteiger partial charge in [-0.15, -0.1) is 0 Å². The molecule has 2 saturated heterocycles. The van der Waals surface area contributed by atoms with Crippen LogP contribution in [-0.4, -0.2) is 72.8 Å². The van der Waals surface area contributed by atoms with E-state index in [0.717, 1.165) is 58.5 Å². The third-order valence-electron chi connectivity index (χ3n) is 7.98. The summed E-state index contributed by atoms with van der Waals surface area (Å²) < 4.78 is 5.34. The minimum Gasteiger partial charge on any atom is -0.469 e. The fourth-order valence-electron chi connectivity index (χ4n) is 5.99. The predicted octanol–water partition coefficient (Wildman–Crippen LogP) is 3.41. The molecule has 170 valence electrons. The number of nitrogens with zero attached hydrogens (tertiary/aromatic N) is 3. The van der Waals surface area contributed by atoms with E-state index in [1.54, 1.807) is 12.3 Å². The van der Waals surface area contributed by atoms with E-state index in [1.165, 1.54) is 11.1 Å². The number of rotatable bonds is 3. The lowest BCUT2D eigenvalue weighted by molar-refractivity contribution is -0.133. The zero-order valence-corrected chi connectivity index (χ0v) is 19.2. The van der Waals surface area contributed by atoms with Gasteiger partial charge in [-0.25, -0.2) is 0 Å². The number of carbonyl (C=O) groups excluding carboxylic acids is 2. The van der Waals surface area contributed by atoms with Crippen LogP contribution in [0.3, 0.4) is 0 Å². The smallest absolute Gasteiger partial charge is 0.257 e. The Morgan fingerprint density at radius 2 is 1.72 bits per heavy atom. The minimum absolute atomic E-state index is 0.0687. The Morgan fingerprint density at radius 1 is 1.00 bits per heavy atom. The number of benzene rings is 1. The number of likely N-dealkylation sites (tertiary alicyclic amines) is 1. The number of likely N-dealkylation sites (N-methyl/N-ethyl adjacent to an activating group) is 1. The fraction of sp³-hybridized carbons (Fsp3) is 0.538. The van der Waals surface area contributed by atoms with Crippen LogP contribution in [0.15, 0.2) is 41.0 Å². The summed E-state index contributed by atoms with van der Waals surface area (Å²) in [4.78, 5) is 32.3. The molecule has 1 unspecified atom stereocenters. The predicted molar refractivity (Wildman–Crippen MR) is 123 cm³/mol. The van der Waals surface area contributed by atoms with Crippen molar-refractivity contribution in [2.75, 3.05) is 46.3 Å². The van der Waals surface area contributed by atoms with Gasteiger partial charge in [-0.1, -0.05) is 24.3 Å². The van der Waals surface area contributed by atoms with E-state index in [2.05, 4.69) is 36.2 Å². The van der Waals surface area contributed by atoms with E-state index in [9.17, 15) is 9.59 Å². The van der Waals surface area contributed by atoms with Crippen LogP contribution in [0, 0.1) is 6.92 Å². The standard InChI is InChI=1S/C26H33N3O3/c1-19-21(7-16-32-19)25(31)29-10-8-26(9-11-29)18-20(22-5-3-4-6-23(22)26)17-24(30)28-14-12-27(2)13-15-28/h3-7,16,20H,8-15,17-18H2,1-2H3. The first-order chi connectivity index (χ1) is 15.5. The molecule has 6 heteroatoms. The molecule has 0 N–H and O–H groups in total. The van der Waals surface area contributed by atoms with Crippen LogP contribution in [0.5, 0.6) is 0 Å². The number of carbonyl (C=O) groups is 2. The summed E-state index contributed by atoms with van der Waals surface area (Å²) in [6, 6.07) is 10.5. The number of fused-ring (bicyclic) bond motifs is 2. The second-order valence-electron chi connectivity index (χ2n) is 9.84. The molecule has 3 heterocycles. The van der Waals surface area contributed by atoms with Gasteiger partial charge in [0, 0.05) is 45.7 Å². The second kappa shape index (κ2) is 8.39. The summed E-state index contributed by atoms with van der Waals surface area (Å²) in [5.41, 5.74) is 3.50. The summed E-state index contributed by atoms with van der Waals surface area (Å²) in [5.74, 6) is 1.32. The Hall–Kier alpha value is -2.60. The van der Waals surface area contributed by atoms with Crippen molar-refractivity contribution in [2.24, 2.45) is 0 Å². The average molecular weight is 436 g/mol. The molecule has 2 amide bonds. The van der Waals surface area contributed by atoms with E-state index >= 15 is 0 Å². The number of piperidine rings is 1. The molecule has 32 heavy (non-hydrogen) atoms. The van der Waals surface area contributed by atoms with Gasteiger partial charge in [0.1, 0.15) is 5.76 Å². The maximum absolute atomic E-state index is 13.1. The number of hydrogen-bond donors (Lipinski definition) is 0. The van der Waals surface area contributed by atoms with Crippen LogP contribution in [0.4, 0.5) is 0 Å². The lowest BCUT2D eigenvalue weighted by atomic mass is 9.73. The SMILES string of the molecule is Cc1occc1C(=O)N1CCC2(CC1)CC(CC(=O)N1CCN(C)CC1)c1ccccc12. The molecule has 2 aromatic rings. The Morgan fingerprint density at radius 3 is 2.41 bits per heavy atom. The van der Waals surface area contributed by atoms with Crippen molar-refractivity contribution in [3.8, 4) is 0 Å². The highest BCUT2D eigenvalue weighted by atomic mass is 16.3. The molecule has 0 saturated carbocycles. The Bertz CT molecular complexity index is 997. The van der Waals surface area contributed by atoms with Gasteiger partial charge in [0.2, 0.25) is 5.91 Å². The summed E-state index contributed by atoms with van der Waals surface area (Å²) in [5, 5.41) is 0. The monoisotopic (exact) mass is 435 g/mol. The number of hydrogen-bond acceptors (Lipinski definition) is 4. The minimum atomic E-state index is 0.0687. The third-order valence-corrected chi connectivity index (χ3v) is 7.98. The van der Waals surface area contributed by atoms with E-state index in [0.29, 0.717) is 17.7 Å². The highest BCUT2D eigenvalue weighted by Crippen LogP contribution is 2.52. The average Bonchev–Trinajstić information content (AvgIpc) is 3.36. The second-order valence-corrected chi connectivity index (χ2v) is 9.84. The maximum atomic E-state index is 13.1. The molecular formula is C26H33N3O3. The van der Waals surface area contributed by atoms with Gasteiger partial charge in [-0.3, -0.25) is 9.59 Å². The molecule has 3 aliphatic rings. The van der Waals surface area contributed by atoms with E-state index in [-0.39, 0.29) is 23.1 Å². The lowest BCUT2D eigenvalue weighted by Crippen LogP contribution is -2.47. The zero-order chi connectivity index (χ0) is 22.3. The molecule has 0 bridgehead atoms. The van der Waals surface area contributed by atoms with Crippen molar-refractivity contribution in [3.63, 3.8) is 0 Å². The molecule has 1 aromatic heterocycles. The van der Waals surface area contributed by atoms with Crippen molar-refractivity contribution >= 4 is 11.8 Å². The number of amides is 2. The van der Waals surface area contributed by atoms with Crippen molar-refractivity contribution < 1.29 is 14.0 Å². The molecule has 1 atom stereocenters. The Balaban J connectivity index is 1.29. The molecule has 1 aliphatic carbocycles.